The first kappa shape index (κ1) is 25.9. The summed E-state index contributed by atoms with van der Waals surface area (Å²) in [5.74, 6) is 1.36. The summed E-state index contributed by atoms with van der Waals surface area (Å²) in [4.78, 5) is 28.2. The van der Waals surface area contributed by atoms with Gasteiger partial charge in [0.2, 0.25) is 11.8 Å². The van der Waals surface area contributed by atoms with E-state index in [9.17, 15) is 9.59 Å². The van der Waals surface area contributed by atoms with Crippen LogP contribution in [-0.4, -0.2) is 42.5 Å². The molecule has 1 atom stereocenters. The van der Waals surface area contributed by atoms with Crippen molar-refractivity contribution >= 4 is 23.4 Å². The minimum atomic E-state index is -0.507. The summed E-state index contributed by atoms with van der Waals surface area (Å²) in [6, 6.07) is 14.5. The zero-order valence-corrected chi connectivity index (χ0v) is 20.9. The van der Waals surface area contributed by atoms with Gasteiger partial charge in [0.1, 0.15) is 17.5 Å². The third-order valence-electron chi connectivity index (χ3n) is 6.22. The predicted molar refractivity (Wildman–Crippen MR) is 134 cm³/mol. The van der Waals surface area contributed by atoms with Crippen LogP contribution in [0, 0.1) is 0 Å². The second-order valence-corrected chi connectivity index (χ2v) is 9.13. The minimum absolute atomic E-state index is 0.0519. The molecule has 0 bridgehead atoms. The Labute approximate surface area is 207 Å². The molecule has 1 saturated carbocycles. The molecule has 1 aliphatic rings. The Hall–Kier alpha value is -2.73. The van der Waals surface area contributed by atoms with Crippen LogP contribution in [0.5, 0.6) is 11.5 Å². The van der Waals surface area contributed by atoms with Gasteiger partial charge in [-0.3, -0.25) is 9.59 Å². The molecule has 1 fully saturated rings. The van der Waals surface area contributed by atoms with Crippen molar-refractivity contribution in [2.75, 3.05) is 13.7 Å². The Bertz CT molecular complexity index is 911. The van der Waals surface area contributed by atoms with Crippen molar-refractivity contribution in [3.05, 3.63) is 59.1 Å². The van der Waals surface area contributed by atoms with E-state index in [4.69, 9.17) is 21.1 Å². The molecule has 0 heterocycles. The van der Waals surface area contributed by atoms with Crippen molar-refractivity contribution in [2.24, 2.45) is 0 Å². The lowest BCUT2D eigenvalue weighted by Gasteiger charge is -2.31. The van der Waals surface area contributed by atoms with Crippen molar-refractivity contribution < 1.29 is 19.1 Å². The fourth-order valence-electron chi connectivity index (χ4n) is 4.30. The number of carbonyl (C=O) groups excluding carboxylic acids is 2. The highest BCUT2D eigenvalue weighted by atomic mass is 35.5. The number of amides is 2. The van der Waals surface area contributed by atoms with Gasteiger partial charge in [0.25, 0.3) is 0 Å². The second kappa shape index (κ2) is 13.2. The van der Waals surface area contributed by atoms with Gasteiger partial charge in [-0.1, -0.05) is 43.5 Å². The normalized spacial score (nSPS) is 14.4. The first-order valence-corrected chi connectivity index (χ1v) is 12.5. The predicted octanol–water partition coefficient (Wildman–Crippen LogP) is 5.37. The average Bonchev–Trinajstić information content (AvgIpc) is 3.36. The van der Waals surface area contributed by atoms with E-state index in [-0.39, 0.29) is 17.9 Å². The van der Waals surface area contributed by atoms with E-state index in [1.54, 1.807) is 36.3 Å². The molecule has 0 saturated heterocycles. The zero-order valence-electron chi connectivity index (χ0n) is 20.1. The maximum Gasteiger partial charge on any atom is 0.243 e. The van der Waals surface area contributed by atoms with Crippen LogP contribution in [0.15, 0.2) is 48.5 Å². The smallest absolute Gasteiger partial charge is 0.243 e. The van der Waals surface area contributed by atoms with E-state index < -0.39 is 6.04 Å². The number of halogens is 1. The van der Waals surface area contributed by atoms with Crippen LogP contribution >= 0.6 is 11.6 Å². The first-order valence-electron chi connectivity index (χ1n) is 12.1. The Morgan fingerprint density at radius 3 is 2.32 bits per heavy atom. The third kappa shape index (κ3) is 7.66. The topological polar surface area (TPSA) is 67.9 Å². The van der Waals surface area contributed by atoms with Gasteiger partial charge in [0.05, 0.1) is 13.7 Å². The lowest BCUT2D eigenvalue weighted by Crippen LogP contribution is -2.50. The van der Waals surface area contributed by atoms with Crippen LogP contribution in [-0.2, 0) is 16.1 Å². The number of ether oxygens (including phenoxy) is 2. The van der Waals surface area contributed by atoms with Crippen LogP contribution in [0.25, 0.3) is 0 Å². The maximum absolute atomic E-state index is 13.3. The number of hydrogen-bond acceptors (Lipinski definition) is 4. The quantitative estimate of drug-likeness (QED) is 0.409. The van der Waals surface area contributed by atoms with Crippen molar-refractivity contribution in [2.45, 2.75) is 70.5 Å². The lowest BCUT2D eigenvalue weighted by molar-refractivity contribution is -0.141. The number of carbonyl (C=O) groups is 2. The molecular weight excluding hydrogens is 452 g/mol. The fourth-order valence-corrected chi connectivity index (χ4v) is 4.43. The number of nitrogens with zero attached hydrogens (tertiary/aromatic N) is 1. The molecule has 0 unspecified atom stereocenters. The first-order chi connectivity index (χ1) is 16.5. The van der Waals surface area contributed by atoms with E-state index >= 15 is 0 Å². The third-order valence-corrected chi connectivity index (χ3v) is 6.47. The van der Waals surface area contributed by atoms with Gasteiger partial charge >= 0.3 is 0 Å². The lowest BCUT2D eigenvalue weighted by atomic mass is 10.1. The highest BCUT2D eigenvalue weighted by Crippen LogP contribution is 2.21. The molecule has 2 aromatic rings. The van der Waals surface area contributed by atoms with E-state index in [1.807, 2.05) is 31.2 Å². The SMILES string of the molecule is CC[C@@H](C(=O)NC1CCCC1)N(Cc1ccc(OC)cc1)C(=O)CCCOc1ccc(Cl)cc1. The Kier molecular flexibility index (Phi) is 10.1. The van der Waals surface area contributed by atoms with Crippen LogP contribution in [0.4, 0.5) is 0 Å². The molecule has 7 heteroatoms. The summed E-state index contributed by atoms with van der Waals surface area (Å²) >= 11 is 5.91. The fraction of sp³-hybridized carbons (Fsp3) is 0.481. The van der Waals surface area contributed by atoms with E-state index in [0.717, 1.165) is 37.0 Å². The molecule has 184 valence electrons. The van der Waals surface area contributed by atoms with Gasteiger partial charge in [-0.05, 0) is 67.6 Å². The number of benzene rings is 2. The summed E-state index contributed by atoms with van der Waals surface area (Å²) in [6.45, 7) is 2.74. The van der Waals surface area contributed by atoms with E-state index in [2.05, 4.69) is 5.32 Å². The van der Waals surface area contributed by atoms with Crippen molar-refractivity contribution in [3.63, 3.8) is 0 Å². The molecule has 0 aliphatic heterocycles. The molecule has 0 spiro atoms. The van der Waals surface area contributed by atoms with Crippen LogP contribution in [0.2, 0.25) is 5.02 Å². The summed E-state index contributed by atoms with van der Waals surface area (Å²) in [6.07, 6.45) is 5.72. The van der Waals surface area contributed by atoms with E-state index in [0.29, 0.717) is 43.2 Å². The molecule has 0 aromatic heterocycles. The molecule has 2 amide bonds. The molecule has 1 aliphatic carbocycles. The van der Waals surface area contributed by atoms with Gasteiger partial charge < -0.3 is 19.7 Å². The highest BCUT2D eigenvalue weighted by molar-refractivity contribution is 6.30. The maximum atomic E-state index is 13.3. The summed E-state index contributed by atoms with van der Waals surface area (Å²) in [5, 5.41) is 3.83. The van der Waals surface area contributed by atoms with Gasteiger partial charge in [-0.2, -0.15) is 0 Å². The Balaban J connectivity index is 1.64. The van der Waals surface area contributed by atoms with Gasteiger partial charge in [-0.15, -0.1) is 0 Å². The van der Waals surface area contributed by atoms with Crippen LogP contribution in [0.1, 0.15) is 57.4 Å². The van der Waals surface area contributed by atoms with Crippen LogP contribution < -0.4 is 14.8 Å². The average molecular weight is 487 g/mol. The van der Waals surface area contributed by atoms with E-state index in [1.165, 1.54) is 0 Å². The molecule has 3 rings (SSSR count). The van der Waals surface area contributed by atoms with Gasteiger partial charge in [-0.25, -0.2) is 0 Å². The molecular formula is C27H35ClN2O4. The highest BCUT2D eigenvalue weighted by Gasteiger charge is 2.30. The second-order valence-electron chi connectivity index (χ2n) is 8.69. The molecule has 1 N–H and O–H groups in total. The molecule has 0 radical (unpaired) electrons. The van der Waals surface area contributed by atoms with Gasteiger partial charge in [0.15, 0.2) is 0 Å². The molecule has 34 heavy (non-hydrogen) atoms. The van der Waals surface area contributed by atoms with Crippen molar-refractivity contribution in [3.8, 4) is 11.5 Å². The summed E-state index contributed by atoms with van der Waals surface area (Å²) in [5.41, 5.74) is 0.957. The monoisotopic (exact) mass is 486 g/mol. The molecule has 2 aromatic carbocycles. The minimum Gasteiger partial charge on any atom is -0.497 e. The van der Waals surface area contributed by atoms with Crippen LogP contribution in [0.3, 0.4) is 0 Å². The zero-order chi connectivity index (χ0) is 24.3. The number of methoxy groups -OCH3 is 1. The number of hydrogen-bond donors (Lipinski definition) is 1. The molecule has 6 nitrogen and oxygen atoms in total. The van der Waals surface area contributed by atoms with Gasteiger partial charge in [0, 0.05) is 24.0 Å². The summed E-state index contributed by atoms with van der Waals surface area (Å²) in [7, 11) is 1.62. The number of rotatable bonds is 12. The largest absolute Gasteiger partial charge is 0.497 e. The standard InChI is InChI=1S/C27H35ClN2O4/c1-3-25(27(32)29-22-7-4-5-8-22)30(19-20-10-14-23(33-2)15-11-20)26(31)9-6-18-34-24-16-12-21(28)13-17-24/h10-17,22,25H,3-9,18-19H2,1-2H3,(H,29,32)/t25-/m0/s1. The Morgan fingerprint density at radius 2 is 1.71 bits per heavy atom. The van der Waals surface area contributed by atoms with Crippen molar-refractivity contribution in [1.82, 2.24) is 10.2 Å². The number of nitrogens with one attached hydrogen (secondary N) is 1. The van der Waals surface area contributed by atoms with Crippen molar-refractivity contribution in [1.29, 1.82) is 0 Å². The summed E-state index contributed by atoms with van der Waals surface area (Å²) < 4.78 is 11.0. The Morgan fingerprint density at radius 1 is 1.06 bits per heavy atom.